The lowest BCUT2D eigenvalue weighted by Crippen LogP contribution is -2.36. The van der Waals surface area contributed by atoms with E-state index in [0.29, 0.717) is 18.6 Å². The maximum Gasteiger partial charge on any atom is 0.126 e. The summed E-state index contributed by atoms with van der Waals surface area (Å²) in [4.78, 5) is 0. The maximum atomic E-state index is 5.78. The predicted molar refractivity (Wildman–Crippen MR) is 72.7 cm³/mol. The fourth-order valence-corrected chi connectivity index (χ4v) is 1.66. The van der Waals surface area contributed by atoms with Crippen molar-refractivity contribution in [1.82, 2.24) is 5.32 Å². The lowest BCUT2D eigenvalue weighted by Gasteiger charge is -2.20. The number of likely N-dealkylation sites (N-methyl/N-ethyl adjacent to an activating group) is 1. The molecular weight excluding hydrogens is 230 g/mol. The third kappa shape index (κ3) is 4.11. The van der Waals surface area contributed by atoms with E-state index in [1.165, 1.54) is 0 Å². The zero-order valence-electron chi connectivity index (χ0n) is 11.8. The van der Waals surface area contributed by atoms with Gasteiger partial charge < -0.3 is 19.5 Å². The lowest BCUT2D eigenvalue weighted by atomic mass is 10.1. The van der Waals surface area contributed by atoms with Crippen molar-refractivity contribution >= 4 is 0 Å². The van der Waals surface area contributed by atoms with Crippen LogP contribution in [0.5, 0.6) is 17.2 Å². The monoisotopic (exact) mass is 253 g/mol. The second kappa shape index (κ2) is 7.11. The smallest absolute Gasteiger partial charge is 0.126 e. The van der Waals surface area contributed by atoms with Gasteiger partial charge in [0.05, 0.1) is 14.2 Å². The van der Waals surface area contributed by atoms with E-state index >= 15 is 0 Å². The van der Waals surface area contributed by atoms with Crippen LogP contribution in [0, 0.1) is 5.92 Å². The first-order chi connectivity index (χ1) is 8.60. The van der Waals surface area contributed by atoms with Crippen molar-refractivity contribution in [2.45, 2.75) is 19.9 Å². The Bertz CT molecular complexity index is 344. The zero-order chi connectivity index (χ0) is 13.5. The summed E-state index contributed by atoms with van der Waals surface area (Å²) in [6, 6.07) is 5.86. The van der Waals surface area contributed by atoms with Crippen molar-refractivity contribution in [3.63, 3.8) is 0 Å². The van der Waals surface area contributed by atoms with Crippen molar-refractivity contribution in [3.05, 3.63) is 18.2 Å². The SMILES string of the molecule is CNC(COc1cc(OC)cc(OC)c1)C(C)C. The Hall–Kier alpha value is -1.42. The van der Waals surface area contributed by atoms with Crippen LogP contribution in [0.1, 0.15) is 13.8 Å². The highest BCUT2D eigenvalue weighted by atomic mass is 16.5. The summed E-state index contributed by atoms with van der Waals surface area (Å²) >= 11 is 0. The molecule has 1 unspecified atom stereocenters. The molecule has 1 aromatic carbocycles. The molecule has 4 heteroatoms. The van der Waals surface area contributed by atoms with Gasteiger partial charge in [0.1, 0.15) is 23.9 Å². The molecule has 0 radical (unpaired) electrons. The van der Waals surface area contributed by atoms with Gasteiger partial charge in [-0.05, 0) is 13.0 Å². The van der Waals surface area contributed by atoms with Crippen LogP contribution in [-0.2, 0) is 0 Å². The molecule has 1 atom stereocenters. The van der Waals surface area contributed by atoms with E-state index in [1.807, 2.05) is 25.2 Å². The molecule has 102 valence electrons. The van der Waals surface area contributed by atoms with Crippen molar-refractivity contribution < 1.29 is 14.2 Å². The molecule has 1 aromatic rings. The predicted octanol–water partition coefficient (Wildman–Crippen LogP) is 2.33. The van der Waals surface area contributed by atoms with Crippen LogP contribution in [-0.4, -0.2) is 33.9 Å². The summed E-state index contributed by atoms with van der Waals surface area (Å²) in [5.74, 6) is 2.74. The zero-order valence-corrected chi connectivity index (χ0v) is 11.8. The van der Waals surface area contributed by atoms with Gasteiger partial charge in [-0.3, -0.25) is 0 Å². The van der Waals surface area contributed by atoms with Gasteiger partial charge in [-0.25, -0.2) is 0 Å². The van der Waals surface area contributed by atoms with Crippen LogP contribution in [0.4, 0.5) is 0 Å². The topological polar surface area (TPSA) is 39.7 Å². The van der Waals surface area contributed by atoms with Gasteiger partial charge in [-0.15, -0.1) is 0 Å². The average Bonchev–Trinajstić information content (AvgIpc) is 2.38. The van der Waals surface area contributed by atoms with E-state index in [1.54, 1.807) is 14.2 Å². The molecule has 0 bridgehead atoms. The summed E-state index contributed by atoms with van der Waals surface area (Å²) in [6.07, 6.45) is 0. The van der Waals surface area contributed by atoms with Crippen molar-refractivity contribution in [2.75, 3.05) is 27.9 Å². The molecule has 0 aliphatic rings. The highest BCUT2D eigenvalue weighted by Crippen LogP contribution is 2.27. The minimum atomic E-state index is 0.321. The standard InChI is InChI=1S/C14H23NO3/c1-10(2)14(15-3)9-18-13-7-11(16-4)6-12(8-13)17-5/h6-8,10,14-15H,9H2,1-5H3. The maximum absolute atomic E-state index is 5.78. The number of hydrogen-bond acceptors (Lipinski definition) is 4. The molecule has 0 aliphatic carbocycles. The minimum absolute atomic E-state index is 0.321. The molecule has 0 saturated heterocycles. The van der Waals surface area contributed by atoms with E-state index < -0.39 is 0 Å². The third-order valence-electron chi connectivity index (χ3n) is 2.93. The molecule has 1 N–H and O–H groups in total. The van der Waals surface area contributed by atoms with E-state index in [-0.39, 0.29) is 0 Å². The Morgan fingerprint density at radius 3 is 1.89 bits per heavy atom. The first-order valence-corrected chi connectivity index (χ1v) is 6.13. The number of nitrogens with one attached hydrogen (secondary N) is 1. The molecule has 0 heterocycles. The first-order valence-electron chi connectivity index (χ1n) is 6.13. The molecule has 4 nitrogen and oxygen atoms in total. The second-order valence-electron chi connectivity index (χ2n) is 4.50. The van der Waals surface area contributed by atoms with Crippen molar-refractivity contribution in [3.8, 4) is 17.2 Å². The van der Waals surface area contributed by atoms with Gasteiger partial charge in [0.2, 0.25) is 0 Å². The summed E-state index contributed by atoms with van der Waals surface area (Å²) in [5, 5.41) is 3.24. The molecular formula is C14H23NO3. The molecule has 0 saturated carbocycles. The lowest BCUT2D eigenvalue weighted by molar-refractivity contribution is 0.236. The average molecular weight is 253 g/mol. The third-order valence-corrected chi connectivity index (χ3v) is 2.93. The highest BCUT2D eigenvalue weighted by Gasteiger charge is 2.12. The van der Waals surface area contributed by atoms with E-state index in [9.17, 15) is 0 Å². The van der Waals surface area contributed by atoms with E-state index in [2.05, 4.69) is 19.2 Å². The summed E-state index contributed by atoms with van der Waals surface area (Å²) in [7, 11) is 5.20. The summed E-state index contributed by atoms with van der Waals surface area (Å²) in [5.41, 5.74) is 0. The number of rotatable bonds is 7. The number of ether oxygens (including phenoxy) is 3. The number of benzene rings is 1. The summed E-state index contributed by atoms with van der Waals surface area (Å²) in [6.45, 7) is 4.94. The Morgan fingerprint density at radius 1 is 1.00 bits per heavy atom. The second-order valence-corrected chi connectivity index (χ2v) is 4.50. The molecule has 1 rings (SSSR count). The van der Waals surface area contributed by atoms with Crippen LogP contribution in [0.3, 0.4) is 0 Å². The number of hydrogen-bond donors (Lipinski definition) is 1. The summed E-state index contributed by atoms with van der Waals surface area (Å²) < 4.78 is 16.2. The Balaban J connectivity index is 2.71. The van der Waals surface area contributed by atoms with Crippen molar-refractivity contribution in [2.24, 2.45) is 5.92 Å². The van der Waals surface area contributed by atoms with Gasteiger partial charge in [0.15, 0.2) is 0 Å². The fourth-order valence-electron chi connectivity index (χ4n) is 1.66. The highest BCUT2D eigenvalue weighted by molar-refractivity contribution is 5.42. The number of methoxy groups -OCH3 is 2. The van der Waals surface area contributed by atoms with Crippen LogP contribution >= 0.6 is 0 Å². The molecule has 0 amide bonds. The first kappa shape index (κ1) is 14.6. The Kier molecular flexibility index (Phi) is 5.78. The van der Waals surface area contributed by atoms with E-state index in [4.69, 9.17) is 14.2 Å². The van der Waals surface area contributed by atoms with Gasteiger partial charge in [0.25, 0.3) is 0 Å². The minimum Gasteiger partial charge on any atom is -0.496 e. The van der Waals surface area contributed by atoms with E-state index in [0.717, 1.165) is 17.2 Å². The molecule has 18 heavy (non-hydrogen) atoms. The van der Waals surface area contributed by atoms with Crippen molar-refractivity contribution in [1.29, 1.82) is 0 Å². The molecule has 0 spiro atoms. The van der Waals surface area contributed by atoms with Crippen LogP contribution in [0.15, 0.2) is 18.2 Å². The molecule has 0 aliphatic heterocycles. The van der Waals surface area contributed by atoms with Gasteiger partial charge in [-0.1, -0.05) is 13.8 Å². The Morgan fingerprint density at radius 2 is 1.50 bits per heavy atom. The fraction of sp³-hybridized carbons (Fsp3) is 0.571. The quantitative estimate of drug-likeness (QED) is 0.809. The normalized spacial score (nSPS) is 12.3. The molecule has 0 fully saturated rings. The van der Waals surface area contributed by atoms with Gasteiger partial charge in [-0.2, -0.15) is 0 Å². The van der Waals surface area contributed by atoms with Crippen LogP contribution in [0.25, 0.3) is 0 Å². The van der Waals surface area contributed by atoms with Crippen LogP contribution in [0.2, 0.25) is 0 Å². The largest absolute Gasteiger partial charge is 0.496 e. The molecule has 0 aromatic heterocycles. The van der Waals surface area contributed by atoms with Gasteiger partial charge in [0, 0.05) is 24.2 Å². The van der Waals surface area contributed by atoms with Gasteiger partial charge >= 0.3 is 0 Å². The Labute approximate surface area is 109 Å². The van der Waals surface area contributed by atoms with Crippen LogP contribution < -0.4 is 19.5 Å².